The molecule has 1 heterocycles. The lowest BCUT2D eigenvalue weighted by Gasteiger charge is -2.20. The Hall–Kier alpha value is -2.03. The zero-order valence-corrected chi connectivity index (χ0v) is 9.83. The van der Waals surface area contributed by atoms with Crippen LogP contribution in [0.2, 0.25) is 0 Å². The van der Waals surface area contributed by atoms with Gasteiger partial charge in [-0.15, -0.1) is 0 Å². The highest BCUT2D eigenvalue weighted by Gasteiger charge is 2.16. The Labute approximate surface area is 94.2 Å². The molecule has 16 heavy (non-hydrogen) atoms. The van der Waals surface area contributed by atoms with Crippen LogP contribution in [0.15, 0.2) is 6.20 Å². The first-order valence-electron chi connectivity index (χ1n) is 4.85. The van der Waals surface area contributed by atoms with Crippen molar-refractivity contribution in [3.05, 3.63) is 11.8 Å². The van der Waals surface area contributed by atoms with Crippen molar-refractivity contribution in [1.29, 1.82) is 5.26 Å². The molecule has 86 valence electrons. The third-order valence-corrected chi connectivity index (χ3v) is 1.67. The molecular weight excluding hydrogens is 206 g/mol. The Balaban J connectivity index is 2.74. The second kappa shape index (κ2) is 4.23. The van der Waals surface area contributed by atoms with Gasteiger partial charge in [0.05, 0.1) is 0 Å². The molecule has 0 bridgehead atoms. The largest absolute Gasteiger partial charge is 0.333 e. The number of aryl methyl sites for hydroxylation is 1. The fraction of sp³-hybridized carbons (Fsp3) is 0.500. The standard InChI is InChI=1S/C10H15N5O/c1-10(2,3)13-9(16)12-8-7(5-11)6-15(4)14-8/h6H,1-4H3,(H2,12,13,14,16). The van der Waals surface area contributed by atoms with Gasteiger partial charge in [-0.25, -0.2) is 4.79 Å². The maximum atomic E-state index is 11.5. The van der Waals surface area contributed by atoms with E-state index < -0.39 is 0 Å². The van der Waals surface area contributed by atoms with Gasteiger partial charge in [0.2, 0.25) is 0 Å². The van der Waals surface area contributed by atoms with Crippen molar-refractivity contribution in [2.75, 3.05) is 5.32 Å². The lowest BCUT2D eigenvalue weighted by atomic mass is 10.1. The van der Waals surface area contributed by atoms with E-state index in [1.807, 2.05) is 26.8 Å². The van der Waals surface area contributed by atoms with E-state index in [0.717, 1.165) is 0 Å². The summed E-state index contributed by atoms with van der Waals surface area (Å²) >= 11 is 0. The van der Waals surface area contributed by atoms with Crippen molar-refractivity contribution in [1.82, 2.24) is 15.1 Å². The highest BCUT2D eigenvalue weighted by molar-refractivity contribution is 5.89. The number of carbonyl (C=O) groups is 1. The summed E-state index contributed by atoms with van der Waals surface area (Å²) in [6, 6.07) is 1.59. The molecule has 1 aromatic heterocycles. The minimum absolute atomic E-state index is 0.270. The van der Waals surface area contributed by atoms with Gasteiger partial charge in [0.15, 0.2) is 5.82 Å². The summed E-state index contributed by atoms with van der Waals surface area (Å²) in [6.07, 6.45) is 1.55. The third-order valence-electron chi connectivity index (χ3n) is 1.67. The maximum Gasteiger partial charge on any atom is 0.320 e. The Morgan fingerprint density at radius 1 is 1.56 bits per heavy atom. The molecule has 6 nitrogen and oxygen atoms in total. The number of amides is 2. The zero-order valence-electron chi connectivity index (χ0n) is 9.83. The van der Waals surface area contributed by atoms with Crippen LogP contribution in [0.1, 0.15) is 26.3 Å². The van der Waals surface area contributed by atoms with Crippen LogP contribution in [0, 0.1) is 11.3 Å². The number of rotatable bonds is 1. The van der Waals surface area contributed by atoms with Crippen molar-refractivity contribution in [2.45, 2.75) is 26.3 Å². The van der Waals surface area contributed by atoms with E-state index in [9.17, 15) is 4.79 Å². The van der Waals surface area contributed by atoms with E-state index in [4.69, 9.17) is 5.26 Å². The third kappa shape index (κ3) is 3.28. The second-order valence-electron chi connectivity index (χ2n) is 4.51. The molecule has 0 unspecified atom stereocenters. The number of nitrogens with one attached hydrogen (secondary N) is 2. The average molecular weight is 221 g/mol. The van der Waals surface area contributed by atoms with Crippen LogP contribution in [0.5, 0.6) is 0 Å². The van der Waals surface area contributed by atoms with E-state index in [-0.39, 0.29) is 17.4 Å². The Morgan fingerprint density at radius 3 is 2.69 bits per heavy atom. The first-order chi connectivity index (χ1) is 7.31. The van der Waals surface area contributed by atoms with Crippen LogP contribution in [-0.4, -0.2) is 21.4 Å². The van der Waals surface area contributed by atoms with E-state index in [2.05, 4.69) is 15.7 Å². The van der Waals surface area contributed by atoms with Crippen LogP contribution < -0.4 is 10.6 Å². The average Bonchev–Trinajstić information content (AvgIpc) is 2.42. The number of hydrogen-bond donors (Lipinski definition) is 2. The maximum absolute atomic E-state index is 11.5. The molecule has 0 atom stereocenters. The minimum Gasteiger partial charge on any atom is -0.333 e. The van der Waals surface area contributed by atoms with Crippen molar-refractivity contribution < 1.29 is 4.79 Å². The van der Waals surface area contributed by atoms with Crippen LogP contribution in [0.4, 0.5) is 10.6 Å². The van der Waals surface area contributed by atoms with Crippen LogP contribution in [-0.2, 0) is 7.05 Å². The highest BCUT2D eigenvalue weighted by Crippen LogP contribution is 2.10. The van der Waals surface area contributed by atoms with Gasteiger partial charge in [0.1, 0.15) is 11.6 Å². The van der Waals surface area contributed by atoms with Gasteiger partial charge in [-0.3, -0.25) is 10.00 Å². The lowest BCUT2D eigenvalue weighted by Crippen LogP contribution is -2.43. The zero-order chi connectivity index (χ0) is 12.3. The molecule has 0 fully saturated rings. The van der Waals surface area contributed by atoms with Crippen LogP contribution in [0.25, 0.3) is 0 Å². The molecule has 0 aromatic carbocycles. The molecule has 0 saturated carbocycles. The molecule has 0 aliphatic heterocycles. The molecule has 2 amide bonds. The topological polar surface area (TPSA) is 82.7 Å². The molecule has 1 aromatic rings. The molecule has 1 rings (SSSR count). The first-order valence-corrected chi connectivity index (χ1v) is 4.85. The molecule has 0 aliphatic rings. The van der Waals surface area contributed by atoms with E-state index in [1.165, 1.54) is 4.68 Å². The van der Waals surface area contributed by atoms with Crippen molar-refractivity contribution in [3.8, 4) is 6.07 Å². The Bertz CT molecular complexity index is 435. The monoisotopic (exact) mass is 221 g/mol. The Morgan fingerprint density at radius 2 is 2.19 bits per heavy atom. The van der Waals surface area contributed by atoms with Gasteiger partial charge in [-0.05, 0) is 20.8 Å². The second-order valence-corrected chi connectivity index (χ2v) is 4.51. The summed E-state index contributed by atoms with van der Waals surface area (Å²) in [5.41, 5.74) is 0.0117. The van der Waals surface area contributed by atoms with Crippen molar-refractivity contribution >= 4 is 11.8 Å². The van der Waals surface area contributed by atoms with Crippen molar-refractivity contribution in [3.63, 3.8) is 0 Å². The number of anilines is 1. The normalized spacial score (nSPS) is 10.7. The first kappa shape index (κ1) is 12.0. The number of nitrogens with zero attached hydrogens (tertiary/aromatic N) is 3. The predicted octanol–water partition coefficient (Wildman–Crippen LogP) is 1.21. The highest BCUT2D eigenvalue weighted by atomic mass is 16.2. The molecule has 0 aliphatic carbocycles. The number of carbonyl (C=O) groups excluding carboxylic acids is 1. The fourth-order valence-corrected chi connectivity index (χ4v) is 1.14. The SMILES string of the molecule is Cn1cc(C#N)c(NC(=O)NC(C)(C)C)n1. The molecule has 2 N–H and O–H groups in total. The van der Waals surface area contributed by atoms with E-state index >= 15 is 0 Å². The van der Waals surface area contributed by atoms with Gasteiger partial charge < -0.3 is 5.32 Å². The van der Waals surface area contributed by atoms with E-state index in [1.54, 1.807) is 13.2 Å². The quantitative estimate of drug-likeness (QED) is 0.747. The molecule has 0 radical (unpaired) electrons. The van der Waals surface area contributed by atoms with Crippen LogP contribution in [0.3, 0.4) is 0 Å². The molecule has 0 saturated heterocycles. The summed E-state index contributed by atoms with van der Waals surface area (Å²) in [5.74, 6) is 0.270. The number of nitriles is 1. The summed E-state index contributed by atoms with van der Waals surface area (Å²) < 4.78 is 1.48. The fourth-order valence-electron chi connectivity index (χ4n) is 1.14. The lowest BCUT2D eigenvalue weighted by molar-refractivity contribution is 0.243. The van der Waals surface area contributed by atoms with Gasteiger partial charge in [0, 0.05) is 18.8 Å². The smallest absolute Gasteiger partial charge is 0.320 e. The minimum atomic E-state index is -0.372. The van der Waals surface area contributed by atoms with Crippen LogP contribution >= 0.6 is 0 Å². The van der Waals surface area contributed by atoms with Gasteiger partial charge >= 0.3 is 6.03 Å². The van der Waals surface area contributed by atoms with Gasteiger partial charge in [0.25, 0.3) is 0 Å². The summed E-state index contributed by atoms with van der Waals surface area (Å²) in [5, 5.41) is 18.0. The molecule has 6 heteroatoms. The van der Waals surface area contributed by atoms with Gasteiger partial charge in [-0.1, -0.05) is 0 Å². The summed E-state index contributed by atoms with van der Waals surface area (Å²) in [4.78, 5) is 11.5. The predicted molar refractivity (Wildman–Crippen MR) is 59.8 cm³/mol. The summed E-state index contributed by atoms with van der Waals surface area (Å²) in [6.45, 7) is 5.61. The van der Waals surface area contributed by atoms with E-state index in [0.29, 0.717) is 5.56 Å². The number of aromatic nitrogens is 2. The van der Waals surface area contributed by atoms with Gasteiger partial charge in [-0.2, -0.15) is 10.4 Å². The van der Waals surface area contributed by atoms with Crippen molar-refractivity contribution in [2.24, 2.45) is 7.05 Å². The summed E-state index contributed by atoms with van der Waals surface area (Å²) in [7, 11) is 1.69. The number of urea groups is 1. The molecular formula is C10H15N5O. The molecule has 0 spiro atoms. The number of hydrogen-bond acceptors (Lipinski definition) is 3. The Kier molecular flexibility index (Phi) is 3.18.